The number of halogens is 2. The Balaban J connectivity index is 1.87. The van der Waals surface area contributed by atoms with E-state index in [-0.39, 0.29) is 11.7 Å². The van der Waals surface area contributed by atoms with E-state index < -0.39 is 11.6 Å². The van der Waals surface area contributed by atoms with Gasteiger partial charge in [-0.05, 0) is 50.2 Å². The van der Waals surface area contributed by atoms with Gasteiger partial charge < -0.3 is 10.1 Å². The molecular formula is C14H17F2N3OS. The van der Waals surface area contributed by atoms with Gasteiger partial charge in [-0.25, -0.2) is 8.78 Å². The Hall–Kier alpha value is -1.60. The molecule has 1 aromatic rings. The monoisotopic (exact) mass is 313 g/mol. The van der Waals surface area contributed by atoms with Crippen LogP contribution in [0, 0.1) is 11.6 Å². The zero-order chi connectivity index (χ0) is 15.2. The molecule has 0 radical (unpaired) electrons. The fraction of sp³-hybridized carbons (Fsp3) is 0.429. The molecule has 1 aliphatic heterocycles. The lowest BCUT2D eigenvalue weighted by Crippen LogP contribution is -2.37. The normalized spacial score (nSPS) is 18.6. The molecule has 0 aromatic heterocycles. The van der Waals surface area contributed by atoms with E-state index in [1.807, 2.05) is 0 Å². The average molecular weight is 313 g/mol. The van der Waals surface area contributed by atoms with Crippen LogP contribution in [0.5, 0.6) is 0 Å². The van der Waals surface area contributed by atoms with E-state index in [4.69, 9.17) is 17.0 Å². The molecule has 7 heteroatoms. The first-order chi connectivity index (χ1) is 10.1. The number of nitrogens with zero attached hydrogens (tertiary/aromatic N) is 1. The van der Waals surface area contributed by atoms with Gasteiger partial charge in [0.15, 0.2) is 5.11 Å². The quantitative estimate of drug-likeness (QED) is 0.509. The SMILES string of the molecule is C/C(=N/NC(=S)NC[C@H]1CCCO1)c1cc(F)ccc1F. The number of ether oxygens (including phenoxy) is 1. The van der Waals surface area contributed by atoms with Gasteiger partial charge in [-0.3, -0.25) is 5.43 Å². The summed E-state index contributed by atoms with van der Waals surface area (Å²) in [6, 6.07) is 3.23. The Morgan fingerprint density at radius 2 is 2.29 bits per heavy atom. The molecular weight excluding hydrogens is 296 g/mol. The number of rotatable bonds is 4. The molecule has 0 spiro atoms. The molecule has 1 fully saturated rings. The van der Waals surface area contributed by atoms with E-state index in [1.165, 1.54) is 0 Å². The predicted octanol–water partition coefficient (Wildman–Crippen LogP) is 2.33. The standard InChI is InChI=1S/C14H17F2N3OS/c1-9(12-7-10(15)4-5-13(12)16)18-19-14(21)17-8-11-3-2-6-20-11/h4-5,7,11H,2-3,6,8H2,1H3,(H2,17,19,21)/b18-9-/t11-/m1/s1. The van der Waals surface area contributed by atoms with Gasteiger partial charge in [0.2, 0.25) is 0 Å². The third-order valence-corrected chi connectivity index (χ3v) is 3.39. The molecule has 21 heavy (non-hydrogen) atoms. The average Bonchev–Trinajstić information content (AvgIpc) is 2.98. The molecule has 1 saturated heterocycles. The zero-order valence-electron chi connectivity index (χ0n) is 11.7. The minimum atomic E-state index is -0.530. The van der Waals surface area contributed by atoms with Crippen molar-refractivity contribution in [3.8, 4) is 0 Å². The number of hydrogen-bond acceptors (Lipinski definition) is 3. The van der Waals surface area contributed by atoms with E-state index in [2.05, 4.69) is 15.8 Å². The number of thiocarbonyl (C=S) groups is 1. The maximum atomic E-state index is 13.6. The van der Waals surface area contributed by atoms with E-state index in [9.17, 15) is 8.78 Å². The van der Waals surface area contributed by atoms with Gasteiger partial charge in [0.25, 0.3) is 0 Å². The van der Waals surface area contributed by atoms with Crippen LogP contribution in [-0.2, 0) is 4.74 Å². The third-order valence-electron chi connectivity index (χ3n) is 3.16. The van der Waals surface area contributed by atoms with E-state index in [0.717, 1.165) is 37.6 Å². The second kappa shape index (κ2) is 7.42. The predicted molar refractivity (Wildman–Crippen MR) is 81.3 cm³/mol. The smallest absolute Gasteiger partial charge is 0.187 e. The summed E-state index contributed by atoms with van der Waals surface area (Å²) in [5, 5.41) is 7.26. The molecule has 1 heterocycles. The van der Waals surface area contributed by atoms with Crippen LogP contribution in [0.4, 0.5) is 8.78 Å². The van der Waals surface area contributed by atoms with Crippen LogP contribution >= 0.6 is 12.2 Å². The van der Waals surface area contributed by atoms with Crippen molar-refractivity contribution in [2.75, 3.05) is 13.2 Å². The lowest BCUT2D eigenvalue weighted by molar-refractivity contribution is 0.114. The lowest BCUT2D eigenvalue weighted by Gasteiger charge is -2.12. The van der Waals surface area contributed by atoms with Crippen LogP contribution in [0.15, 0.2) is 23.3 Å². The summed E-state index contributed by atoms with van der Waals surface area (Å²) in [7, 11) is 0. The maximum absolute atomic E-state index is 13.6. The summed E-state index contributed by atoms with van der Waals surface area (Å²) in [5.41, 5.74) is 3.03. The van der Waals surface area contributed by atoms with Gasteiger partial charge in [0, 0.05) is 18.7 Å². The van der Waals surface area contributed by atoms with Crippen molar-refractivity contribution in [1.29, 1.82) is 0 Å². The molecule has 4 nitrogen and oxygen atoms in total. The summed E-state index contributed by atoms with van der Waals surface area (Å²) in [4.78, 5) is 0. The first kappa shape index (κ1) is 15.8. The number of benzene rings is 1. The Labute approximate surface area is 127 Å². The van der Waals surface area contributed by atoms with Crippen molar-refractivity contribution >= 4 is 23.0 Å². The summed E-state index contributed by atoms with van der Waals surface area (Å²) in [6.07, 6.45) is 2.23. The van der Waals surface area contributed by atoms with Gasteiger partial charge in [0.1, 0.15) is 11.6 Å². The molecule has 0 aliphatic carbocycles. The van der Waals surface area contributed by atoms with E-state index >= 15 is 0 Å². The first-order valence-electron chi connectivity index (χ1n) is 6.71. The van der Waals surface area contributed by atoms with Gasteiger partial charge >= 0.3 is 0 Å². The van der Waals surface area contributed by atoms with Crippen molar-refractivity contribution < 1.29 is 13.5 Å². The topological polar surface area (TPSA) is 45.7 Å². The molecule has 2 rings (SSSR count). The van der Waals surface area contributed by atoms with Crippen LogP contribution in [-0.4, -0.2) is 30.1 Å². The number of nitrogens with one attached hydrogen (secondary N) is 2. The minimum absolute atomic E-state index is 0.101. The van der Waals surface area contributed by atoms with Crippen LogP contribution < -0.4 is 10.7 Å². The molecule has 1 atom stereocenters. The maximum Gasteiger partial charge on any atom is 0.187 e. The highest BCUT2D eigenvalue weighted by atomic mass is 32.1. The van der Waals surface area contributed by atoms with Gasteiger partial charge in [-0.2, -0.15) is 5.10 Å². The molecule has 0 amide bonds. The van der Waals surface area contributed by atoms with E-state index in [0.29, 0.717) is 17.4 Å². The van der Waals surface area contributed by atoms with Crippen LogP contribution in [0.25, 0.3) is 0 Å². The number of hydrogen-bond donors (Lipinski definition) is 2. The molecule has 2 N–H and O–H groups in total. The summed E-state index contributed by atoms with van der Waals surface area (Å²) in [6.45, 7) is 2.96. The molecule has 114 valence electrons. The summed E-state index contributed by atoms with van der Waals surface area (Å²) >= 11 is 5.06. The lowest BCUT2D eigenvalue weighted by atomic mass is 10.1. The van der Waals surface area contributed by atoms with Crippen molar-refractivity contribution in [1.82, 2.24) is 10.7 Å². The van der Waals surface area contributed by atoms with Crippen molar-refractivity contribution in [3.05, 3.63) is 35.4 Å². The Kier molecular flexibility index (Phi) is 5.58. The van der Waals surface area contributed by atoms with Crippen molar-refractivity contribution in [3.63, 3.8) is 0 Å². The summed E-state index contributed by atoms with van der Waals surface area (Å²) < 4.78 is 32.1. The highest BCUT2D eigenvalue weighted by Gasteiger charge is 2.15. The Morgan fingerprint density at radius 3 is 3.00 bits per heavy atom. The Morgan fingerprint density at radius 1 is 1.48 bits per heavy atom. The molecule has 1 aromatic carbocycles. The second-order valence-electron chi connectivity index (χ2n) is 4.78. The second-order valence-corrected chi connectivity index (χ2v) is 5.19. The van der Waals surface area contributed by atoms with Crippen LogP contribution in [0.3, 0.4) is 0 Å². The fourth-order valence-corrected chi connectivity index (χ4v) is 2.15. The molecule has 0 unspecified atom stereocenters. The van der Waals surface area contributed by atoms with Gasteiger partial charge in [0.05, 0.1) is 11.8 Å². The van der Waals surface area contributed by atoms with E-state index in [1.54, 1.807) is 6.92 Å². The largest absolute Gasteiger partial charge is 0.376 e. The molecule has 0 saturated carbocycles. The Bertz CT molecular complexity index is 545. The number of hydrazone groups is 1. The minimum Gasteiger partial charge on any atom is -0.376 e. The zero-order valence-corrected chi connectivity index (χ0v) is 12.5. The molecule has 0 bridgehead atoms. The van der Waals surface area contributed by atoms with Crippen LogP contribution in [0.1, 0.15) is 25.3 Å². The fourth-order valence-electron chi connectivity index (χ4n) is 2.02. The highest BCUT2D eigenvalue weighted by Crippen LogP contribution is 2.11. The highest BCUT2D eigenvalue weighted by molar-refractivity contribution is 7.80. The van der Waals surface area contributed by atoms with Crippen molar-refractivity contribution in [2.45, 2.75) is 25.9 Å². The third kappa shape index (κ3) is 4.71. The van der Waals surface area contributed by atoms with Crippen molar-refractivity contribution in [2.24, 2.45) is 5.10 Å². The first-order valence-corrected chi connectivity index (χ1v) is 7.12. The van der Waals surface area contributed by atoms with Crippen LogP contribution in [0.2, 0.25) is 0 Å². The summed E-state index contributed by atoms with van der Waals surface area (Å²) in [5.74, 6) is -1.04. The van der Waals surface area contributed by atoms with Gasteiger partial charge in [-0.15, -0.1) is 0 Å². The van der Waals surface area contributed by atoms with Gasteiger partial charge in [-0.1, -0.05) is 0 Å². The molecule has 1 aliphatic rings.